The van der Waals surface area contributed by atoms with Crippen molar-refractivity contribution in [2.24, 2.45) is 0 Å². The Balaban J connectivity index is 2.15. The Hall–Kier alpha value is -0.520. The van der Waals surface area contributed by atoms with Crippen molar-refractivity contribution in [1.29, 1.82) is 0 Å². The molecule has 1 aromatic rings. The first-order valence-corrected chi connectivity index (χ1v) is 5.21. The average molecular weight is 200 g/mol. The standard InChI is InChI=1S/C8H12N2O2S/c1-2-7-9-10-8(13-7)5-3-12-4-6(5)11/h5-6,11H,2-4H2,1H3. The van der Waals surface area contributed by atoms with E-state index in [1.807, 2.05) is 6.92 Å². The van der Waals surface area contributed by atoms with Crippen LogP contribution >= 0.6 is 11.3 Å². The highest BCUT2D eigenvalue weighted by Gasteiger charge is 2.30. The van der Waals surface area contributed by atoms with E-state index in [0.717, 1.165) is 16.4 Å². The minimum absolute atomic E-state index is 0.0396. The fourth-order valence-electron chi connectivity index (χ4n) is 1.34. The van der Waals surface area contributed by atoms with Crippen LogP contribution < -0.4 is 0 Å². The number of rotatable bonds is 2. The van der Waals surface area contributed by atoms with Gasteiger partial charge >= 0.3 is 0 Å². The van der Waals surface area contributed by atoms with Crippen LogP contribution in [0.25, 0.3) is 0 Å². The van der Waals surface area contributed by atoms with Gasteiger partial charge in [-0.1, -0.05) is 6.92 Å². The Morgan fingerprint density at radius 1 is 1.54 bits per heavy atom. The van der Waals surface area contributed by atoms with Gasteiger partial charge in [-0.2, -0.15) is 0 Å². The third-order valence-corrected chi connectivity index (χ3v) is 3.35. The topological polar surface area (TPSA) is 55.2 Å². The number of aryl methyl sites for hydroxylation is 1. The summed E-state index contributed by atoms with van der Waals surface area (Å²) in [5.41, 5.74) is 0. The highest BCUT2D eigenvalue weighted by Crippen LogP contribution is 2.28. The quantitative estimate of drug-likeness (QED) is 0.758. The summed E-state index contributed by atoms with van der Waals surface area (Å²) in [6.07, 6.45) is 0.499. The van der Waals surface area contributed by atoms with Gasteiger partial charge in [-0.05, 0) is 6.42 Å². The van der Waals surface area contributed by atoms with E-state index in [-0.39, 0.29) is 5.92 Å². The Kier molecular flexibility index (Phi) is 2.57. The lowest BCUT2D eigenvalue weighted by Crippen LogP contribution is -2.15. The SMILES string of the molecule is CCc1nnc(C2COCC2O)s1. The van der Waals surface area contributed by atoms with Crippen molar-refractivity contribution in [2.75, 3.05) is 13.2 Å². The van der Waals surface area contributed by atoms with Crippen LogP contribution in [0.5, 0.6) is 0 Å². The number of hydrogen-bond donors (Lipinski definition) is 1. The lowest BCUT2D eigenvalue weighted by Gasteiger charge is -2.06. The summed E-state index contributed by atoms with van der Waals surface area (Å²) in [6.45, 7) is 3.04. The van der Waals surface area contributed by atoms with Gasteiger partial charge in [0.05, 0.1) is 25.2 Å². The van der Waals surface area contributed by atoms with E-state index in [1.165, 1.54) is 0 Å². The molecule has 1 aromatic heterocycles. The van der Waals surface area contributed by atoms with E-state index in [1.54, 1.807) is 11.3 Å². The highest BCUT2D eigenvalue weighted by atomic mass is 32.1. The lowest BCUT2D eigenvalue weighted by atomic mass is 10.1. The summed E-state index contributed by atoms with van der Waals surface area (Å²) >= 11 is 1.57. The first kappa shape index (κ1) is 9.05. The van der Waals surface area contributed by atoms with E-state index < -0.39 is 6.10 Å². The van der Waals surface area contributed by atoms with Crippen molar-refractivity contribution in [3.05, 3.63) is 10.0 Å². The highest BCUT2D eigenvalue weighted by molar-refractivity contribution is 7.11. The number of aliphatic hydroxyl groups excluding tert-OH is 1. The second kappa shape index (κ2) is 3.69. The molecular formula is C8H12N2O2S. The Bertz CT molecular complexity index is 289. The second-order valence-corrected chi connectivity index (χ2v) is 4.19. The molecule has 2 unspecified atom stereocenters. The zero-order chi connectivity index (χ0) is 9.26. The van der Waals surface area contributed by atoms with Gasteiger partial charge in [0.25, 0.3) is 0 Å². The first-order chi connectivity index (χ1) is 6.31. The molecule has 1 fully saturated rings. The van der Waals surface area contributed by atoms with Gasteiger partial charge in [-0.3, -0.25) is 0 Å². The van der Waals surface area contributed by atoms with Crippen molar-refractivity contribution < 1.29 is 9.84 Å². The van der Waals surface area contributed by atoms with E-state index in [0.29, 0.717) is 13.2 Å². The molecule has 0 radical (unpaired) electrons. The second-order valence-electron chi connectivity index (χ2n) is 3.10. The Morgan fingerprint density at radius 3 is 2.92 bits per heavy atom. The van der Waals surface area contributed by atoms with E-state index in [4.69, 9.17) is 4.74 Å². The molecule has 1 aliphatic heterocycles. The van der Waals surface area contributed by atoms with E-state index in [9.17, 15) is 5.11 Å². The summed E-state index contributed by atoms with van der Waals surface area (Å²) < 4.78 is 5.16. The normalized spacial score (nSPS) is 28.2. The third-order valence-electron chi connectivity index (χ3n) is 2.15. The molecular weight excluding hydrogens is 188 g/mol. The fraction of sp³-hybridized carbons (Fsp3) is 0.750. The van der Waals surface area contributed by atoms with Crippen molar-refractivity contribution >= 4 is 11.3 Å². The molecule has 2 heterocycles. The molecule has 1 saturated heterocycles. The smallest absolute Gasteiger partial charge is 0.125 e. The maximum Gasteiger partial charge on any atom is 0.125 e. The van der Waals surface area contributed by atoms with Gasteiger partial charge in [-0.15, -0.1) is 21.5 Å². The van der Waals surface area contributed by atoms with E-state index >= 15 is 0 Å². The van der Waals surface area contributed by atoms with Gasteiger partial charge in [0.1, 0.15) is 10.0 Å². The molecule has 0 aromatic carbocycles. The van der Waals surface area contributed by atoms with Crippen LogP contribution in [0.4, 0.5) is 0 Å². The summed E-state index contributed by atoms with van der Waals surface area (Å²) in [7, 11) is 0. The Morgan fingerprint density at radius 2 is 2.38 bits per heavy atom. The molecule has 1 N–H and O–H groups in total. The number of ether oxygens (including phenoxy) is 1. The van der Waals surface area contributed by atoms with Gasteiger partial charge < -0.3 is 9.84 Å². The van der Waals surface area contributed by atoms with Gasteiger partial charge in [-0.25, -0.2) is 0 Å². The predicted molar refractivity (Wildman–Crippen MR) is 48.9 cm³/mol. The lowest BCUT2D eigenvalue weighted by molar-refractivity contribution is 0.124. The summed E-state index contributed by atoms with van der Waals surface area (Å²) in [5.74, 6) is 0.0396. The molecule has 0 amide bonds. The Labute approximate surface area is 80.6 Å². The molecule has 0 aliphatic carbocycles. The molecule has 2 rings (SSSR count). The molecule has 13 heavy (non-hydrogen) atoms. The molecule has 0 saturated carbocycles. The van der Waals surface area contributed by atoms with Crippen LogP contribution in [-0.4, -0.2) is 34.6 Å². The number of aromatic nitrogens is 2. The predicted octanol–water partition coefficient (Wildman–Crippen LogP) is 0.575. The van der Waals surface area contributed by atoms with Crippen molar-refractivity contribution in [2.45, 2.75) is 25.4 Å². The molecule has 1 aliphatic rings. The van der Waals surface area contributed by atoms with E-state index in [2.05, 4.69) is 10.2 Å². The van der Waals surface area contributed by atoms with Crippen LogP contribution in [0, 0.1) is 0 Å². The van der Waals surface area contributed by atoms with Crippen LogP contribution in [0.3, 0.4) is 0 Å². The third kappa shape index (κ3) is 1.72. The van der Waals surface area contributed by atoms with Crippen LogP contribution in [0.15, 0.2) is 0 Å². The summed E-state index contributed by atoms with van der Waals surface area (Å²) in [4.78, 5) is 0. The largest absolute Gasteiger partial charge is 0.390 e. The van der Waals surface area contributed by atoms with Gasteiger partial charge in [0.2, 0.25) is 0 Å². The first-order valence-electron chi connectivity index (χ1n) is 4.39. The van der Waals surface area contributed by atoms with Crippen LogP contribution in [0.2, 0.25) is 0 Å². The zero-order valence-corrected chi connectivity index (χ0v) is 8.25. The summed E-state index contributed by atoms with van der Waals surface area (Å²) in [5, 5.41) is 19.5. The molecule has 5 heteroatoms. The van der Waals surface area contributed by atoms with Crippen molar-refractivity contribution in [3.63, 3.8) is 0 Å². The minimum atomic E-state index is -0.405. The fourth-order valence-corrected chi connectivity index (χ4v) is 2.26. The van der Waals surface area contributed by atoms with Crippen molar-refractivity contribution in [3.8, 4) is 0 Å². The monoisotopic (exact) mass is 200 g/mol. The van der Waals surface area contributed by atoms with Gasteiger partial charge in [0, 0.05) is 0 Å². The maximum absolute atomic E-state index is 9.54. The maximum atomic E-state index is 9.54. The molecule has 2 atom stereocenters. The number of aliphatic hydroxyl groups is 1. The van der Waals surface area contributed by atoms with Crippen LogP contribution in [-0.2, 0) is 11.2 Å². The van der Waals surface area contributed by atoms with Crippen molar-refractivity contribution in [1.82, 2.24) is 10.2 Å². The zero-order valence-electron chi connectivity index (χ0n) is 7.43. The minimum Gasteiger partial charge on any atom is -0.390 e. The molecule has 0 bridgehead atoms. The molecule has 0 spiro atoms. The average Bonchev–Trinajstić information content (AvgIpc) is 2.71. The van der Waals surface area contributed by atoms with Crippen LogP contribution in [0.1, 0.15) is 22.9 Å². The summed E-state index contributed by atoms with van der Waals surface area (Å²) in [6, 6.07) is 0. The number of hydrogen-bond acceptors (Lipinski definition) is 5. The number of nitrogens with zero attached hydrogens (tertiary/aromatic N) is 2. The molecule has 72 valence electrons. The molecule has 4 nitrogen and oxygen atoms in total. The van der Waals surface area contributed by atoms with Gasteiger partial charge in [0.15, 0.2) is 0 Å².